The summed E-state index contributed by atoms with van der Waals surface area (Å²) in [5.41, 5.74) is 0. The lowest BCUT2D eigenvalue weighted by molar-refractivity contribution is -0.145. The van der Waals surface area contributed by atoms with E-state index in [0.717, 1.165) is 62.0 Å². The highest BCUT2D eigenvalue weighted by atomic mass is 32.2. The molecule has 1 aliphatic heterocycles. The highest BCUT2D eigenvalue weighted by Gasteiger charge is 2.14. The summed E-state index contributed by atoms with van der Waals surface area (Å²) in [6, 6.07) is 0. The van der Waals surface area contributed by atoms with Crippen LogP contribution in [-0.2, 0) is 19.1 Å². The van der Waals surface area contributed by atoms with Crippen molar-refractivity contribution in [3.63, 3.8) is 0 Å². The summed E-state index contributed by atoms with van der Waals surface area (Å²) in [5.74, 6) is 3.93. The lowest BCUT2D eigenvalue weighted by Crippen LogP contribution is -2.35. The molecule has 152 valence electrons. The Labute approximate surface area is 166 Å². The van der Waals surface area contributed by atoms with E-state index < -0.39 is 0 Å². The molecule has 1 fully saturated rings. The molecule has 0 amide bonds. The fraction of sp³-hybridized carbons (Fsp3) is 0.889. The van der Waals surface area contributed by atoms with Crippen molar-refractivity contribution in [3.05, 3.63) is 0 Å². The van der Waals surface area contributed by atoms with Crippen LogP contribution in [-0.4, -0.2) is 97.2 Å². The molecule has 0 spiro atoms. The van der Waals surface area contributed by atoms with Gasteiger partial charge in [-0.25, -0.2) is 0 Å². The van der Waals surface area contributed by atoms with Crippen molar-refractivity contribution in [2.45, 2.75) is 26.7 Å². The predicted octanol–water partition coefficient (Wildman–Crippen LogP) is 1.98. The molecule has 0 atom stereocenters. The number of esters is 2. The Morgan fingerprint density at radius 1 is 0.731 bits per heavy atom. The molecule has 0 aromatic carbocycles. The van der Waals surface area contributed by atoms with Gasteiger partial charge in [-0.3, -0.25) is 19.4 Å². The van der Waals surface area contributed by atoms with E-state index in [1.807, 2.05) is 37.4 Å². The molecule has 0 N–H and O–H groups in total. The first-order chi connectivity index (χ1) is 12.7. The average molecular weight is 407 g/mol. The molecule has 0 aliphatic carbocycles. The minimum absolute atomic E-state index is 0.124. The quantitative estimate of drug-likeness (QED) is 0.621. The van der Waals surface area contributed by atoms with Crippen molar-refractivity contribution >= 4 is 35.5 Å². The molecule has 0 radical (unpaired) electrons. The highest BCUT2D eigenvalue weighted by molar-refractivity contribution is 7.99. The fourth-order valence-corrected chi connectivity index (χ4v) is 4.54. The Bertz CT molecular complexity index is 347. The standard InChI is InChI=1S/C18H34N2O4S2/c1-3-23-17(21)15-19-7-5-11-26-14-10-20(16-18(22)24-4-2)8-6-12-25-13-9-19/h3-16H2,1-2H3. The van der Waals surface area contributed by atoms with Crippen LogP contribution in [0.3, 0.4) is 0 Å². The molecule has 1 rings (SSSR count). The molecule has 1 saturated heterocycles. The van der Waals surface area contributed by atoms with Crippen LogP contribution < -0.4 is 0 Å². The maximum atomic E-state index is 11.7. The first-order valence-electron chi connectivity index (χ1n) is 9.57. The van der Waals surface area contributed by atoms with Crippen LogP contribution in [0.2, 0.25) is 0 Å². The topological polar surface area (TPSA) is 59.1 Å². The first-order valence-corrected chi connectivity index (χ1v) is 11.9. The molecule has 0 aromatic heterocycles. The number of ether oxygens (including phenoxy) is 2. The van der Waals surface area contributed by atoms with Crippen molar-refractivity contribution in [3.8, 4) is 0 Å². The Morgan fingerprint density at radius 2 is 1.15 bits per heavy atom. The number of carbonyl (C=O) groups excluding carboxylic acids is 2. The van der Waals surface area contributed by atoms with E-state index in [-0.39, 0.29) is 11.9 Å². The first kappa shape index (κ1) is 23.6. The predicted molar refractivity (Wildman–Crippen MR) is 110 cm³/mol. The lowest BCUT2D eigenvalue weighted by atomic mass is 10.4. The summed E-state index contributed by atoms with van der Waals surface area (Å²) in [6.07, 6.45) is 2.12. The maximum absolute atomic E-state index is 11.7. The summed E-state index contributed by atoms with van der Waals surface area (Å²) in [4.78, 5) is 27.9. The lowest BCUT2D eigenvalue weighted by Gasteiger charge is -2.23. The van der Waals surface area contributed by atoms with Crippen LogP contribution >= 0.6 is 23.5 Å². The second kappa shape index (κ2) is 15.6. The zero-order valence-corrected chi connectivity index (χ0v) is 17.9. The van der Waals surface area contributed by atoms with E-state index in [9.17, 15) is 9.59 Å². The van der Waals surface area contributed by atoms with E-state index in [4.69, 9.17) is 9.47 Å². The van der Waals surface area contributed by atoms with Gasteiger partial charge in [-0.2, -0.15) is 23.5 Å². The number of thioether (sulfide) groups is 2. The van der Waals surface area contributed by atoms with Crippen molar-refractivity contribution in [1.29, 1.82) is 0 Å². The normalized spacial score (nSPS) is 19.5. The third kappa shape index (κ3) is 12.0. The Hall–Kier alpha value is -0.440. The summed E-state index contributed by atoms with van der Waals surface area (Å²) < 4.78 is 10.2. The molecule has 1 aliphatic rings. The van der Waals surface area contributed by atoms with Crippen LogP contribution in [0.25, 0.3) is 0 Å². The van der Waals surface area contributed by atoms with Crippen LogP contribution in [0.1, 0.15) is 26.7 Å². The van der Waals surface area contributed by atoms with Gasteiger partial charge in [0.1, 0.15) is 0 Å². The van der Waals surface area contributed by atoms with Gasteiger partial charge in [0.15, 0.2) is 0 Å². The molecule has 0 aromatic rings. The number of hydrogen-bond acceptors (Lipinski definition) is 8. The minimum atomic E-state index is -0.124. The summed E-state index contributed by atoms with van der Waals surface area (Å²) in [6.45, 7) is 9.06. The van der Waals surface area contributed by atoms with Gasteiger partial charge in [0.25, 0.3) is 0 Å². The Morgan fingerprint density at radius 3 is 1.54 bits per heavy atom. The van der Waals surface area contributed by atoms with Crippen molar-refractivity contribution in [2.75, 3.05) is 75.5 Å². The molecule has 6 nitrogen and oxygen atoms in total. The summed E-state index contributed by atoms with van der Waals surface area (Å²) in [5, 5.41) is 0. The van der Waals surface area contributed by atoms with Crippen LogP contribution in [0, 0.1) is 0 Å². The minimum Gasteiger partial charge on any atom is -0.465 e. The van der Waals surface area contributed by atoms with Gasteiger partial charge in [-0.15, -0.1) is 0 Å². The third-order valence-electron chi connectivity index (χ3n) is 3.95. The van der Waals surface area contributed by atoms with Crippen molar-refractivity contribution in [1.82, 2.24) is 9.80 Å². The van der Waals surface area contributed by atoms with E-state index >= 15 is 0 Å². The number of rotatable bonds is 6. The van der Waals surface area contributed by atoms with Gasteiger partial charge in [-0.1, -0.05) is 0 Å². The smallest absolute Gasteiger partial charge is 0.320 e. The van der Waals surface area contributed by atoms with Crippen LogP contribution in [0.5, 0.6) is 0 Å². The zero-order chi connectivity index (χ0) is 19.0. The monoisotopic (exact) mass is 406 g/mol. The Kier molecular flexibility index (Phi) is 14.2. The van der Waals surface area contributed by atoms with Gasteiger partial charge in [0, 0.05) is 24.6 Å². The molecular formula is C18H34N2O4S2. The molecule has 0 unspecified atom stereocenters. The van der Waals surface area contributed by atoms with Crippen LogP contribution in [0.15, 0.2) is 0 Å². The summed E-state index contributed by atoms with van der Waals surface area (Å²) >= 11 is 3.83. The number of hydrogen-bond donors (Lipinski definition) is 0. The number of nitrogens with zero attached hydrogens (tertiary/aromatic N) is 2. The number of carbonyl (C=O) groups is 2. The van der Waals surface area contributed by atoms with Gasteiger partial charge in [0.2, 0.25) is 0 Å². The maximum Gasteiger partial charge on any atom is 0.320 e. The van der Waals surface area contributed by atoms with E-state index in [1.165, 1.54) is 0 Å². The van der Waals surface area contributed by atoms with Crippen LogP contribution in [0.4, 0.5) is 0 Å². The van der Waals surface area contributed by atoms with E-state index in [0.29, 0.717) is 26.3 Å². The van der Waals surface area contributed by atoms with Crippen molar-refractivity contribution < 1.29 is 19.1 Å². The van der Waals surface area contributed by atoms with E-state index in [1.54, 1.807) is 0 Å². The summed E-state index contributed by atoms with van der Waals surface area (Å²) in [7, 11) is 0. The molecule has 8 heteroatoms. The highest BCUT2D eigenvalue weighted by Crippen LogP contribution is 2.10. The van der Waals surface area contributed by atoms with Gasteiger partial charge in [-0.05, 0) is 51.3 Å². The van der Waals surface area contributed by atoms with Gasteiger partial charge >= 0.3 is 11.9 Å². The zero-order valence-electron chi connectivity index (χ0n) is 16.2. The fourth-order valence-electron chi connectivity index (χ4n) is 2.69. The third-order valence-corrected chi connectivity index (χ3v) is 6.04. The average Bonchev–Trinajstić information content (AvgIpc) is 2.60. The second-order valence-electron chi connectivity index (χ2n) is 6.09. The van der Waals surface area contributed by atoms with Gasteiger partial charge < -0.3 is 9.47 Å². The van der Waals surface area contributed by atoms with E-state index in [2.05, 4.69) is 9.80 Å². The second-order valence-corrected chi connectivity index (χ2v) is 8.54. The molecule has 0 saturated carbocycles. The molecule has 1 heterocycles. The largest absolute Gasteiger partial charge is 0.465 e. The molecular weight excluding hydrogens is 372 g/mol. The Balaban J connectivity index is 2.40. The SMILES string of the molecule is CCOC(=O)CN1CCCSCCN(CC(=O)OCC)CCCSCC1. The van der Waals surface area contributed by atoms with Gasteiger partial charge in [0.05, 0.1) is 26.3 Å². The molecule has 26 heavy (non-hydrogen) atoms. The van der Waals surface area contributed by atoms with Crippen molar-refractivity contribution in [2.24, 2.45) is 0 Å². The molecule has 0 bridgehead atoms.